The van der Waals surface area contributed by atoms with E-state index in [1.54, 1.807) is 0 Å². The van der Waals surface area contributed by atoms with Crippen molar-refractivity contribution in [2.75, 3.05) is 4.72 Å². The van der Waals surface area contributed by atoms with Crippen molar-refractivity contribution in [2.45, 2.75) is 4.90 Å². The van der Waals surface area contributed by atoms with E-state index in [0.717, 1.165) is 0 Å². The Morgan fingerprint density at radius 2 is 1.55 bits per heavy atom. The van der Waals surface area contributed by atoms with Crippen LogP contribution in [-0.4, -0.2) is 18.6 Å². The molecule has 0 aliphatic carbocycles. The van der Waals surface area contributed by atoms with E-state index < -0.39 is 10.0 Å². The van der Waals surface area contributed by atoms with Crippen LogP contribution in [0.4, 0.5) is 5.82 Å². The normalized spacial score (nSPS) is 11.4. The predicted molar refractivity (Wildman–Crippen MR) is 79.3 cm³/mol. The second-order valence-electron chi connectivity index (χ2n) is 3.55. The Bertz CT molecular complexity index is 727. The summed E-state index contributed by atoms with van der Waals surface area (Å²) in [6.07, 6.45) is 0. The molecule has 0 bridgehead atoms. The van der Waals surface area contributed by atoms with Gasteiger partial charge in [-0.1, -0.05) is 46.4 Å². The third-order valence-electron chi connectivity index (χ3n) is 2.10. The maximum absolute atomic E-state index is 12.2. The maximum Gasteiger partial charge on any atom is 0.266 e. The molecule has 1 heterocycles. The molecule has 0 atom stereocenters. The van der Waals surface area contributed by atoms with E-state index in [4.69, 9.17) is 46.4 Å². The van der Waals surface area contributed by atoms with E-state index >= 15 is 0 Å². The Morgan fingerprint density at radius 3 is 2.05 bits per heavy atom. The molecule has 0 radical (unpaired) electrons. The van der Waals surface area contributed by atoms with Crippen LogP contribution in [0, 0.1) is 0 Å². The summed E-state index contributed by atoms with van der Waals surface area (Å²) in [5.41, 5.74) is 0. The number of hydrogen-bond donors (Lipinski definition) is 1. The smallest absolute Gasteiger partial charge is 0.262 e. The first kappa shape index (κ1) is 15.6. The molecule has 1 N–H and O–H groups in total. The molecule has 0 aliphatic rings. The third-order valence-corrected chi connectivity index (χ3v) is 4.80. The fourth-order valence-corrected chi connectivity index (χ4v) is 3.99. The van der Waals surface area contributed by atoms with Crippen molar-refractivity contribution in [1.29, 1.82) is 0 Å². The molecule has 10 heteroatoms. The zero-order valence-corrected chi connectivity index (χ0v) is 13.3. The lowest BCUT2D eigenvalue weighted by atomic mass is 10.4. The molecular formula is C10H5Cl4N3O2S. The summed E-state index contributed by atoms with van der Waals surface area (Å²) in [6, 6.07) is 5.29. The van der Waals surface area contributed by atoms with E-state index in [1.165, 1.54) is 24.3 Å². The quantitative estimate of drug-likeness (QED) is 0.886. The third kappa shape index (κ3) is 3.45. The van der Waals surface area contributed by atoms with Gasteiger partial charge in [0.1, 0.15) is 4.90 Å². The summed E-state index contributed by atoms with van der Waals surface area (Å²) < 4.78 is 26.6. The molecule has 5 nitrogen and oxygen atoms in total. The van der Waals surface area contributed by atoms with Gasteiger partial charge in [0.05, 0.1) is 10.0 Å². The Balaban J connectivity index is 2.43. The number of anilines is 1. The van der Waals surface area contributed by atoms with Crippen LogP contribution in [0.3, 0.4) is 0 Å². The highest BCUT2D eigenvalue weighted by Gasteiger charge is 2.23. The van der Waals surface area contributed by atoms with Crippen molar-refractivity contribution in [2.24, 2.45) is 0 Å². The number of nitrogens with one attached hydrogen (secondary N) is 1. The topological polar surface area (TPSA) is 72.0 Å². The van der Waals surface area contributed by atoms with Crippen LogP contribution in [0.2, 0.25) is 20.2 Å². The van der Waals surface area contributed by atoms with Crippen molar-refractivity contribution in [3.8, 4) is 0 Å². The van der Waals surface area contributed by atoms with Crippen molar-refractivity contribution < 1.29 is 8.42 Å². The SMILES string of the molecule is O=S(=O)(Nc1ccc(Cl)nn1)c1c(Cl)cc(Cl)cc1Cl. The summed E-state index contributed by atoms with van der Waals surface area (Å²) in [6.45, 7) is 0. The molecule has 106 valence electrons. The molecule has 0 unspecified atom stereocenters. The monoisotopic (exact) mass is 371 g/mol. The summed E-state index contributed by atoms with van der Waals surface area (Å²) in [4.78, 5) is -0.290. The van der Waals surface area contributed by atoms with Gasteiger partial charge >= 0.3 is 0 Å². The standard InChI is InChI=1S/C10H5Cl4N3O2S/c11-5-3-6(12)10(7(13)4-5)20(18,19)17-9-2-1-8(14)15-16-9/h1-4H,(H,16,17). The Hall–Kier alpha value is -0.790. The van der Waals surface area contributed by atoms with Crippen molar-refractivity contribution in [1.82, 2.24) is 10.2 Å². The van der Waals surface area contributed by atoms with Crippen molar-refractivity contribution in [3.05, 3.63) is 44.5 Å². The van der Waals surface area contributed by atoms with Gasteiger partial charge in [-0.05, 0) is 24.3 Å². The van der Waals surface area contributed by atoms with E-state index in [2.05, 4.69) is 14.9 Å². The lowest BCUT2D eigenvalue weighted by Crippen LogP contribution is -2.15. The molecule has 0 saturated heterocycles. The second kappa shape index (κ2) is 5.91. The molecule has 1 aromatic carbocycles. The summed E-state index contributed by atoms with van der Waals surface area (Å²) >= 11 is 23.0. The van der Waals surface area contributed by atoms with Gasteiger partial charge in [0, 0.05) is 5.02 Å². The molecule has 1 aromatic heterocycles. The van der Waals surface area contributed by atoms with E-state index in [-0.39, 0.29) is 30.9 Å². The number of rotatable bonds is 3. The molecular weight excluding hydrogens is 368 g/mol. The zero-order valence-electron chi connectivity index (χ0n) is 9.44. The van der Waals surface area contributed by atoms with Gasteiger partial charge in [-0.3, -0.25) is 4.72 Å². The lowest BCUT2D eigenvalue weighted by Gasteiger charge is -2.10. The molecule has 0 aliphatic heterocycles. The zero-order chi connectivity index (χ0) is 14.9. The first-order valence-electron chi connectivity index (χ1n) is 4.96. The van der Waals surface area contributed by atoms with Gasteiger partial charge in [-0.15, -0.1) is 10.2 Å². The molecule has 0 fully saturated rings. The van der Waals surface area contributed by atoms with Crippen LogP contribution in [0.5, 0.6) is 0 Å². The average Bonchev–Trinajstić information content (AvgIpc) is 2.30. The molecule has 0 spiro atoms. The van der Waals surface area contributed by atoms with E-state index in [9.17, 15) is 8.42 Å². The number of halogens is 4. The highest BCUT2D eigenvalue weighted by atomic mass is 35.5. The van der Waals surface area contributed by atoms with Crippen molar-refractivity contribution >= 4 is 62.2 Å². The molecule has 2 rings (SSSR count). The van der Waals surface area contributed by atoms with E-state index in [1.807, 2.05) is 0 Å². The Kier molecular flexibility index (Phi) is 4.61. The first-order valence-corrected chi connectivity index (χ1v) is 7.96. The Morgan fingerprint density at radius 1 is 0.950 bits per heavy atom. The van der Waals surface area contributed by atoms with Gasteiger partial charge in [0.15, 0.2) is 11.0 Å². The predicted octanol–water partition coefficient (Wildman–Crippen LogP) is 3.89. The lowest BCUT2D eigenvalue weighted by molar-refractivity contribution is 0.601. The fraction of sp³-hybridized carbons (Fsp3) is 0. The number of benzene rings is 1. The minimum atomic E-state index is -4.02. The van der Waals surface area contributed by atoms with Crippen LogP contribution < -0.4 is 4.72 Å². The molecule has 2 aromatic rings. The summed E-state index contributed by atoms with van der Waals surface area (Å²) in [5.74, 6) is -0.0171. The molecule has 0 amide bonds. The van der Waals surface area contributed by atoms with Gasteiger partial charge in [0.25, 0.3) is 10.0 Å². The fourth-order valence-electron chi connectivity index (χ4n) is 1.34. The summed E-state index contributed by atoms with van der Waals surface area (Å²) in [7, 11) is -4.02. The number of sulfonamides is 1. The minimum Gasteiger partial charge on any atom is -0.262 e. The van der Waals surface area contributed by atoms with Gasteiger partial charge in [-0.2, -0.15) is 0 Å². The largest absolute Gasteiger partial charge is 0.266 e. The van der Waals surface area contributed by atoms with Crippen LogP contribution in [-0.2, 0) is 10.0 Å². The average molecular weight is 373 g/mol. The second-order valence-corrected chi connectivity index (χ2v) is 6.80. The highest BCUT2D eigenvalue weighted by Crippen LogP contribution is 2.33. The van der Waals surface area contributed by atoms with Gasteiger partial charge in [0.2, 0.25) is 0 Å². The Labute approximate surface area is 134 Å². The number of aromatic nitrogens is 2. The van der Waals surface area contributed by atoms with Crippen LogP contribution in [0.15, 0.2) is 29.2 Å². The first-order chi connectivity index (χ1) is 9.29. The molecule has 0 saturated carbocycles. The van der Waals surface area contributed by atoms with Crippen LogP contribution in [0.1, 0.15) is 0 Å². The highest BCUT2D eigenvalue weighted by molar-refractivity contribution is 7.93. The minimum absolute atomic E-state index is 0.0171. The van der Waals surface area contributed by atoms with E-state index in [0.29, 0.717) is 0 Å². The molecule has 20 heavy (non-hydrogen) atoms. The van der Waals surface area contributed by atoms with Crippen LogP contribution >= 0.6 is 46.4 Å². The summed E-state index contributed by atoms with van der Waals surface area (Å²) in [5, 5.41) is 7.26. The number of hydrogen-bond acceptors (Lipinski definition) is 4. The maximum atomic E-state index is 12.2. The van der Waals surface area contributed by atoms with Crippen LogP contribution in [0.25, 0.3) is 0 Å². The van der Waals surface area contributed by atoms with Gasteiger partial charge in [-0.25, -0.2) is 8.42 Å². The van der Waals surface area contributed by atoms with Crippen molar-refractivity contribution in [3.63, 3.8) is 0 Å². The van der Waals surface area contributed by atoms with Gasteiger partial charge < -0.3 is 0 Å². The number of nitrogens with zero attached hydrogens (tertiary/aromatic N) is 2.